The van der Waals surface area contributed by atoms with Gasteiger partial charge in [-0.15, -0.1) is 5.10 Å². The van der Waals surface area contributed by atoms with Crippen molar-refractivity contribution in [2.75, 3.05) is 6.26 Å². The van der Waals surface area contributed by atoms with E-state index in [2.05, 4.69) is 26.3 Å². The van der Waals surface area contributed by atoms with Crippen molar-refractivity contribution in [2.45, 2.75) is 13.1 Å². The van der Waals surface area contributed by atoms with Crippen LogP contribution in [0.1, 0.15) is 17.3 Å². The molecule has 25 heavy (non-hydrogen) atoms. The number of fused-ring (bicyclic) bond motifs is 2. The Bertz CT molecular complexity index is 1030. The highest BCUT2D eigenvalue weighted by molar-refractivity contribution is 9.10. The Kier molecular flexibility index (Phi) is 4.13. The SMILES string of the molecule is CSC1=NN2C(=c3cc(Br)ccc3=N[C@H]2c2ccccc2C)C(=O)N1. The van der Waals surface area contributed by atoms with E-state index in [1.807, 2.05) is 55.6 Å². The van der Waals surface area contributed by atoms with Gasteiger partial charge in [0.2, 0.25) is 0 Å². The molecule has 2 aromatic rings. The topological polar surface area (TPSA) is 57.1 Å². The summed E-state index contributed by atoms with van der Waals surface area (Å²) in [6, 6.07) is 13.8. The molecule has 2 aliphatic rings. The number of carbonyl (C=O) groups excluding carboxylic acids is 1. The van der Waals surface area contributed by atoms with Gasteiger partial charge in [0.05, 0.1) is 5.36 Å². The highest BCUT2D eigenvalue weighted by Gasteiger charge is 2.34. The first-order valence-electron chi connectivity index (χ1n) is 7.75. The molecule has 2 aliphatic heterocycles. The molecule has 1 atom stereocenters. The zero-order valence-corrected chi connectivity index (χ0v) is 16.1. The molecule has 1 N–H and O–H groups in total. The van der Waals surface area contributed by atoms with E-state index in [9.17, 15) is 4.79 Å². The number of nitrogens with one attached hydrogen (secondary N) is 1. The summed E-state index contributed by atoms with van der Waals surface area (Å²) < 4.78 is 0.899. The lowest BCUT2D eigenvalue weighted by atomic mass is 10.0. The molecule has 0 spiro atoms. The molecule has 0 unspecified atom stereocenters. The number of nitrogens with zero attached hydrogens (tertiary/aromatic N) is 3. The fourth-order valence-corrected chi connectivity index (χ4v) is 3.75. The minimum Gasteiger partial charge on any atom is -0.298 e. The van der Waals surface area contributed by atoms with Crippen molar-refractivity contribution in [1.82, 2.24) is 10.3 Å². The molecule has 0 bridgehead atoms. The third-order valence-corrected chi connectivity index (χ3v) is 5.29. The summed E-state index contributed by atoms with van der Waals surface area (Å²) in [6.07, 6.45) is 1.52. The van der Waals surface area contributed by atoms with Gasteiger partial charge in [-0.25, -0.2) is 5.01 Å². The summed E-state index contributed by atoms with van der Waals surface area (Å²) >= 11 is 4.88. The van der Waals surface area contributed by atoms with Gasteiger partial charge < -0.3 is 0 Å². The van der Waals surface area contributed by atoms with Crippen molar-refractivity contribution in [2.24, 2.45) is 10.1 Å². The first kappa shape index (κ1) is 16.4. The van der Waals surface area contributed by atoms with Crippen molar-refractivity contribution in [3.8, 4) is 0 Å². The number of rotatable bonds is 1. The Labute approximate surface area is 157 Å². The molecule has 5 nitrogen and oxygen atoms in total. The molecule has 0 saturated heterocycles. The highest BCUT2D eigenvalue weighted by atomic mass is 79.9. The van der Waals surface area contributed by atoms with Gasteiger partial charge >= 0.3 is 0 Å². The maximum absolute atomic E-state index is 12.8. The van der Waals surface area contributed by atoms with Crippen LogP contribution in [0.5, 0.6) is 0 Å². The normalized spacial score (nSPS) is 18.8. The molecular weight excluding hydrogens is 400 g/mol. The van der Waals surface area contributed by atoms with E-state index in [1.54, 1.807) is 5.01 Å². The molecule has 0 fully saturated rings. The Morgan fingerprint density at radius 2 is 2.04 bits per heavy atom. The van der Waals surface area contributed by atoms with E-state index >= 15 is 0 Å². The van der Waals surface area contributed by atoms with Gasteiger partial charge in [-0.05, 0) is 36.9 Å². The van der Waals surface area contributed by atoms with E-state index in [0.717, 1.165) is 26.2 Å². The molecule has 7 heteroatoms. The number of amidine groups is 1. The summed E-state index contributed by atoms with van der Waals surface area (Å²) in [7, 11) is 0. The number of halogens is 1. The van der Waals surface area contributed by atoms with Crippen LogP contribution >= 0.6 is 27.7 Å². The molecule has 0 aliphatic carbocycles. The van der Waals surface area contributed by atoms with Crippen molar-refractivity contribution in [3.05, 3.63) is 68.6 Å². The molecule has 0 saturated carbocycles. The summed E-state index contributed by atoms with van der Waals surface area (Å²) in [5.41, 5.74) is 2.67. The maximum atomic E-state index is 12.8. The third-order valence-electron chi connectivity index (χ3n) is 4.23. The van der Waals surface area contributed by atoms with Crippen LogP contribution in [-0.2, 0) is 4.79 Å². The van der Waals surface area contributed by atoms with Gasteiger partial charge in [-0.2, -0.15) is 0 Å². The molecule has 126 valence electrons. The number of benzene rings is 2. The quantitative estimate of drug-likeness (QED) is 0.778. The molecule has 1 amide bonds. The second-order valence-corrected chi connectivity index (χ2v) is 7.49. The van der Waals surface area contributed by atoms with Gasteiger partial charge in [0.25, 0.3) is 5.91 Å². The molecule has 4 rings (SSSR count). The van der Waals surface area contributed by atoms with E-state index in [4.69, 9.17) is 4.99 Å². The lowest BCUT2D eigenvalue weighted by Gasteiger charge is -2.34. The predicted octanol–water partition coefficient (Wildman–Crippen LogP) is 2.26. The Balaban J connectivity index is 2.03. The summed E-state index contributed by atoms with van der Waals surface area (Å²) in [6.45, 7) is 2.05. The average molecular weight is 415 g/mol. The van der Waals surface area contributed by atoms with Crippen LogP contribution in [0.2, 0.25) is 0 Å². The van der Waals surface area contributed by atoms with Gasteiger partial charge in [-0.3, -0.25) is 15.1 Å². The van der Waals surface area contributed by atoms with Gasteiger partial charge in [-0.1, -0.05) is 52.0 Å². The lowest BCUT2D eigenvalue weighted by Crippen LogP contribution is -2.50. The van der Waals surface area contributed by atoms with Crippen LogP contribution in [0.4, 0.5) is 0 Å². The number of thioether (sulfide) groups is 1. The highest BCUT2D eigenvalue weighted by Crippen LogP contribution is 2.32. The number of hydrazone groups is 1. The van der Waals surface area contributed by atoms with Crippen molar-refractivity contribution in [3.63, 3.8) is 0 Å². The summed E-state index contributed by atoms with van der Waals surface area (Å²) in [5, 5.41) is 11.4. The molecule has 0 aromatic heterocycles. The van der Waals surface area contributed by atoms with Crippen LogP contribution in [0, 0.1) is 6.92 Å². The van der Waals surface area contributed by atoms with E-state index in [-0.39, 0.29) is 12.1 Å². The maximum Gasteiger partial charge on any atom is 0.276 e. The zero-order valence-electron chi connectivity index (χ0n) is 13.7. The second-order valence-electron chi connectivity index (χ2n) is 5.78. The Hall–Kier alpha value is -2.12. The number of hydrogen-bond donors (Lipinski definition) is 1. The van der Waals surface area contributed by atoms with Crippen LogP contribution in [0.15, 0.2) is 57.0 Å². The third kappa shape index (κ3) is 2.77. The second kappa shape index (κ2) is 6.31. The van der Waals surface area contributed by atoms with Crippen molar-refractivity contribution < 1.29 is 4.79 Å². The van der Waals surface area contributed by atoms with Gasteiger partial charge in [0.15, 0.2) is 11.3 Å². The molecule has 2 heterocycles. The first-order valence-corrected chi connectivity index (χ1v) is 9.76. The zero-order chi connectivity index (χ0) is 17.6. The lowest BCUT2D eigenvalue weighted by molar-refractivity contribution is -0.116. The average Bonchev–Trinajstić information content (AvgIpc) is 2.61. The van der Waals surface area contributed by atoms with Gasteiger partial charge in [0.1, 0.15) is 5.70 Å². The fourth-order valence-electron chi connectivity index (χ4n) is 3.02. The molecular formula is C18H15BrN4OS. The largest absolute Gasteiger partial charge is 0.298 e. The summed E-state index contributed by atoms with van der Waals surface area (Å²) in [5.74, 6) is -0.160. The monoisotopic (exact) mass is 414 g/mol. The first-order chi connectivity index (χ1) is 12.1. The van der Waals surface area contributed by atoms with Crippen LogP contribution in [0.3, 0.4) is 0 Å². The van der Waals surface area contributed by atoms with Crippen molar-refractivity contribution >= 4 is 44.5 Å². The minimum atomic E-state index is -0.363. The van der Waals surface area contributed by atoms with E-state index < -0.39 is 0 Å². The Morgan fingerprint density at radius 1 is 1.24 bits per heavy atom. The van der Waals surface area contributed by atoms with E-state index in [0.29, 0.717) is 10.9 Å². The molecule has 2 aromatic carbocycles. The number of carbonyl (C=O) groups is 1. The fraction of sp³-hybridized carbons (Fsp3) is 0.167. The van der Waals surface area contributed by atoms with Crippen molar-refractivity contribution in [1.29, 1.82) is 0 Å². The van der Waals surface area contributed by atoms with Gasteiger partial charge in [0, 0.05) is 15.3 Å². The minimum absolute atomic E-state index is 0.160. The smallest absolute Gasteiger partial charge is 0.276 e. The number of aryl methyl sites for hydroxylation is 1. The van der Waals surface area contributed by atoms with Crippen LogP contribution < -0.4 is 15.9 Å². The van der Waals surface area contributed by atoms with Crippen LogP contribution in [0.25, 0.3) is 5.70 Å². The number of hydrogen-bond acceptors (Lipinski definition) is 5. The van der Waals surface area contributed by atoms with E-state index in [1.165, 1.54) is 11.8 Å². The number of amides is 1. The Morgan fingerprint density at radius 3 is 2.80 bits per heavy atom. The van der Waals surface area contributed by atoms with Crippen LogP contribution in [-0.4, -0.2) is 22.3 Å². The molecule has 0 radical (unpaired) electrons. The summed E-state index contributed by atoms with van der Waals surface area (Å²) in [4.78, 5) is 17.7. The predicted molar refractivity (Wildman–Crippen MR) is 103 cm³/mol. The standard InChI is InChI=1S/C18H15BrN4OS/c1-10-5-3-4-6-12(10)16-20-14-8-7-11(19)9-13(14)15-17(24)21-18(25-2)22-23(15)16/h3-9,16H,1-2H3,(H,21,22,24)/t16-/m1/s1.